The molecule has 6 nitrogen and oxygen atoms in total. The van der Waals surface area contributed by atoms with E-state index in [1.807, 2.05) is 0 Å². The molecule has 0 bridgehead atoms. The smallest absolute Gasteiger partial charge is 0.317 e. The van der Waals surface area contributed by atoms with E-state index < -0.39 is 0 Å². The Labute approximate surface area is 144 Å². The van der Waals surface area contributed by atoms with Crippen molar-refractivity contribution in [2.24, 2.45) is 0 Å². The second-order valence-electron chi connectivity index (χ2n) is 6.02. The van der Waals surface area contributed by atoms with Crippen LogP contribution in [0.2, 0.25) is 0 Å². The molecule has 3 amide bonds. The number of rotatable bonds is 6. The minimum absolute atomic E-state index is 0.00842. The summed E-state index contributed by atoms with van der Waals surface area (Å²) < 4.78 is 0. The highest BCUT2D eigenvalue weighted by Crippen LogP contribution is 2.08. The zero-order valence-corrected chi connectivity index (χ0v) is 14.7. The van der Waals surface area contributed by atoms with Gasteiger partial charge < -0.3 is 15.5 Å². The fraction of sp³-hybridized carbons (Fsp3) is 0.556. The molecule has 1 heterocycles. The van der Waals surface area contributed by atoms with Gasteiger partial charge in [0, 0.05) is 39.1 Å². The Kier molecular flexibility index (Phi) is 7.06. The van der Waals surface area contributed by atoms with Crippen molar-refractivity contribution in [2.45, 2.75) is 33.4 Å². The molecule has 0 unspecified atom stereocenters. The quantitative estimate of drug-likeness (QED) is 0.831. The third-order valence-corrected chi connectivity index (χ3v) is 4.37. The molecule has 1 aromatic carbocycles. The van der Waals surface area contributed by atoms with Gasteiger partial charge in [0.1, 0.15) is 0 Å². The first-order valence-electron chi connectivity index (χ1n) is 8.72. The van der Waals surface area contributed by atoms with Crippen molar-refractivity contribution in [1.82, 2.24) is 20.4 Å². The average Bonchev–Trinajstić information content (AvgIpc) is 2.83. The monoisotopic (exact) mass is 332 g/mol. The van der Waals surface area contributed by atoms with Crippen LogP contribution in [-0.2, 0) is 17.9 Å². The summed E-state index contributed by atoms with van der Waals surface area (Å²) in [4.78, 5) is 27.6. The molecular weight excluding hydrogens is 304 g/mol. The van der Waals surface area contributed by atoms with Gasteiger partial charge in [-0.25, -0.2) is 4.79 Å². The molecule has 0 spiro atoms. The molecule has 0 radical (unpaired) electrons. The first-order valence-corrected chi connectivity index (χ1v) is 8.72. The second-order valence-corrected chi connectivity index (χ2v) is 6.02. The summed E-state index contributed by atoms with van der Waals surface area (Å²) in [6.07, 6.45) is 0.369. The Morgan fingerprint density at radius 3 is 2.50 bits per heavy atom. The number of benzene rings is 1. The van der Waals surface area contributed by atoms with Crippen LogP contribution in [0.3, 0.4) is 0 Å². The van der Waals surface area contributed by atoms with Gasteiger partial charge in [0.05, 0.1) is 0 Å². The summed E-state index contributed by atoms with van der Waals surface area (Å²) in [5.74, 6) is 0.00842. The molecule has 0 aromatic heterocycles. The highest BCUT2D eigenvalue weighted by molar-refractivity contribution is 5.79. The van der Waals surface area contributed by atoms with Crippen LogP contribution in [-0.4, -0.2) is 54.5 Å². The third-order valence-electron chi connectivity index (χ3n) is 4.37. The number of hydrogen-bond acceptors (Lipinski definition) is 3. The molecule has 1 aliphatic rings. The molecule has 2 rings (SSSR count). The van der Waals surface area contributed by atoms with E-state index in [9.17, 15) is 9.59 Å². The molecule has 1 aliphatic heterocycles. The van der Waals surface area contributed by atoms with Crippen LogP contribution >= 0.6 is 0 Å². The van der Waals surface area contributed by atoms with Gasteiger partial charge in [0.25, 0.3) is 0 Å². The van der Waals surface area contributed by atoms with Gasteiger partial charge in [0.15, 0.2) is 0 Å². The van der Waals surface area contributed by atoms with Crippen LogP contribution in [0.15, 0.2) is 24.3 Å². The van der Waals surface area contributed by atoms with Crippen molar-refractivity contribution in [1.29, 1.82) is 0 Å². The lowest BCUT2D eigenvalue weighted by Gasteiger charge is -2.20. The summed E-state index contributed by atoms with van der Waals surface area (Å²) in [7, 11) is 0. The molecular formula is C18H28N4O2. The maximum atomic E-state index is 12.2. The lowest BCUT2D eigenvalue weighted by atomic mass is 10.1. The van der Waals surface area contributed by atoms with Crippen LogP contribution in [0.4, 0.5) is 4.79 Å². The van der Waals surface area contributed by atoms with Crippen LogP contribution in [0.5, 0.6) is 0 Å². The Hall–Kier alpha value is -2.08. The van der Waals surface area contributed by atoms with Crippen molar-refractivity contribution in [2.75, 3.05) is 32.7 Å². The largest absolute Gasteiger partial charge is 0.354 e. The normalized spacial score (nSPS) is 15.1. The van der Waals surface area contributed by atoms with Gasteiger partial charge >= 0.3 is 6.03 Å². The van der Waals surface area contributed by atoms with Gasteiger partial charge in [-0.3, -0.25) is 9.69 Å². The average molecular weight is 332 g/mol. The maximum Gasteiger partial charge on any atom is 0.317 e. The summed E-state index contributed by atoms with van der Waals surface area (Å²) in [6, 6.07) is 8.25. The third kappa shape index (κ3) is 5.53. The molecule has 132 valence electrons. The highest BCUT2D eigenvalue weighted by atomic mass is 16.2. The fourth-order valence-electron chi connectivity index (χ4n) is 2.73. The van der Waals surface area contributed by atoms with E-state index in [0.29, 0.717) is 32.6 Å². The molecule has 1 fully saturated rings. The maximum absolute atomic E-state index is 12.2. The number of amides is 3. The summed E-state index contributed by atoms with van der Waals surface area (Å²) in [5.41, 5.74) is 2.36. The Morgan fingerprint density at radius 1 is 1.17 bits per heavy atom. The SMILES string of the molecule is CCN(CC)Cc1ccc(CNC(=O)N2CCNC(=O)CC2)cc1. The number of nitrogens with one attached hydrogen (secondary N) is 2. The zero-order chi connectivity index (χ0) is 17.4. The standard InChI is InChI=1S/C18H28N4O2/c1-3-21(4-2)14-16-7-5-15(6-8-16)13-20-18(24)22-11-9-17(23)19-10-12-22/h5-8H,3-4,9-14H2,1-2H3,(H,19,23)(H,20,24). The summed E-state index contributed by atoms with van der Waals surface area (Å²) in [5, 5.41) is 5.70. The van der Waals surface area contributed by atoms with E-state index in [2.05, 4.69) is 53.6 Å². The molecule has 1 saturated heterocycles. The zero-order valence-electron chi connectivity index (χ0n) is 14.7. The number of nitrogens with zero attached hydrogens (tertiary/aromatic N) is 2. The summed E-state index contributed by atoms with van der Waals surface area (Å²) >= 11 is 0. The van der Waals surface area contributed by atoms with Crippen molar-refractivity contribution < 1.29 is 9.59 Å². The topological polar surface area (TPSA) is 64.7 Å². The van der Waals surface area contributed by atoms with Crippen LogP contribution < -0.4 is 10.6 Å². The van der Waals surface area contributed by atoms with Crippen LogP contribution in [0.25, 0.3) is 0 Å². The van der Waals surface area contributed by atoms with Gasteiger partial charge in [0.2, 0.25) is 5.91 Å². The summed E-state index contributed by atoms with van der Waals surface area (Å²) in [6.45, 7) is 9.42. The molecule has 6 heteroatoms. The minimum Gasteiger partial charge on any atom is -0.354 e. The van der Waals surface area contributed by atoms with Crippen molar-refractivity contribution in [3.8, 4) is 0 Å². The van der Waals surface area contributed by atoms with E-state index in [-0.39, 0.29) is 11.9 Å². The van der Waals surface area contributed by atoms with Gasteiger partial charge in [-0.2, -0.15) is 0 Å². The lowest BCUT2D eigenvalue weighted by Crippen LogP contribution is -2.41. The van der Waals surface area contributed by atoms with E-state index in [1.165, 1.54) is 5.56 Å². The van der Waals surface area contributed by atoms with Crippen LogP contribution in [0, 0.1) is 0 Å². The van der Waals surface area contributed by atoms with Crippen molar-refractivity contribution in [3.63, 3.8) is 0 Å². The Bertz CT molecular complexity index is 540. The number of carbonyl (C=O) groups excluding carboxylic acids is 2. The number of hydrogen-bond donors (Lipinski definition) is 2. The van der Waals surface area contributed by atoms with Crippen molar-refractivity contribution >= 4 is 11.9 Å². The highest BCUT2D eigenvalue weighted by Gasteiger charge is 2.17. The van der Waals surface area contributed by atoms with Gasteiger partial charge in [-0.05, 0) is 24.2 Å². The van der Waals surface area contributed by atoms with Gasteiger partial charge in [-0.1, -0.05) is 38.1 Å². The van der Waals surface area contributed by atoms with Crippen LogP contribution in [0.1, 0.15) is 31.4 Å². The van der Waals surface area contributed by atoms with E-state index in [0.717, 1.165) is 25.2 Å². The molecule has 0 atom stereocenters. The van der Waals surface area contributed by atoms with E-state index in [1.54, 1.807) is 4.90 Å². The van der Waals surface area contributed by atoms with Crippen molar-refractivity contribution in [3.05, 3.63) is 35.4 Å². The fourth-order valence-corrected chi connectivity index (χ4v) is 2.73. The predicted molar refractivity (Wildman–Crippen MR) is 94.5 cm³/mol. The lowest BCUT2D eigenvalue weighted by molar-refractivity contribution is -0.120. The van der Waals surface area contributed by atoms with E-state index in [4.69, 9.17) is 0 Å². The molecule has 0 saturated carbocycles. The first kappa shape index (κ1) is 18.3. The molecule has 2 N–H and O–H groups in total. The Balaban J connectivity index is 1.81. The minimum atomic E-state index is -0.112. The molecule has 0 aliphatic carbocycles. The molecule has 1 aromatic rings. The molecule has 24 heavy (non-hydrogen) atoms. The first-order chi connectivity index (χ1) is 11.6. The number of carbonyl (C=O) groups is 2. The van der Waals surface area contributed by atoms with Gasteiger partial charge in [-0.15, -0.1) is 0 Å². The second kappa shape index (κ2) is 9.27. The van der Waals surface area contributed by atoms with E-state index >= 15 is 0 Å². The predicted octanol–water partition coefficient (Wildman–Crippen LogP) is 1.56. The Morgan fingerprint density at radius 2 is 1.83 bits per heavy atom. The number of urea groups is 1.